The molecule has 0 radical (unpaired) electrons. The summed E-state index contributed by atoms with van der Waals surface area (Å²) in [4.78, 5) is 10.8. The average Bonchev–Trinajstić information content (AvgIpc) is 2.58. The molecule has 0 spiro atoms. The first-order valence-electron chi connectivity index (χ1n) is 8.60. The summed E-state index contributed by atoms with van der Waals surface area (Å²) < 4.78 is 11.4. The summed E-state index contributed by atoms with van der Waals surface area (Å²) in [5.74, 6) is 1.35. The normalized spacial score (nSPS) is 11.4. The molecule has 5 nitrogen and oxygen atoms in total. The zero-order valence-electron chi connectivity index (χ0n) is 15.8. The standard InChI is InChI=1S/C21H26N2O3/c1-16(24)23-22-15-17-6-5-7-20(14-17)26-13-12-25-19-10-8-18(9-11-19)21(2,3)4/h5-11,14-15H,12-13H2,1-4H3,(H,23,24)/b22-15+. The van der Waals surface area contributed by atoms with Gasteiger partial charge in [-0.1, -0.05) is 45.0 Å². The Bertz CT molecular complexity index is 747. The highest BCUT2D eigenvalue weighted by Gasteiger charge is 2.12. The van der Waals surface area contributed by atoms with Gasteiger partial charge < -0.3 is 9.47 Å². The van der Waals surface area contributed by atoms with Gasteiger partial charge in [-0.15, -0.1) is 0 Å². The van der Waals surface area contributed by atoms with E-state index in [0.29, 0.717) is 13.2 Å². The summed E-state index contributed by atoms with van der Waals surface area (Å²) in [5.41, 5.74) is 4.62. The summed E-state index contributed by atoms with van der Waals surface area (Å²) in [6.07, 6.45) is 1.57. The van der Waals surface area contributed by atoms with E-state index in [9.17, 15) is 4.79 Å². The zero-order valence-corrected chi connectivity index (χ0v) is 15.8. The summed E-state index contributed by atoms with van der Waals surface area (Å²) in [5, 5.41) is 3.84. The summed E-state index contributed by atoms with van der Waals surface area (Å²) in [6.45, 7) is 8.86. The van der Waals surface area contributed by atoms with Crippen LogP contribution in [0.5, 0.6) is 11.5 Å². The van der Waals surface area contributed by atoms with Crippen molar-refractivity contribution in [3.63, 3.8) is 0 Å². The molecule has 0 unspecified atom stereocenters. The Kier molecular flexibility index (Phi) is 6.78. The van der Waals surface area contributed by atoms with Crippen molar-refractivity contribution in [1.82, 2.24) is 5.43 Å². The van der Waals surface area contributed by atoms with Gasteiger partial charge in [0.05, 0.1) is 6.21 Å². The van der Waals surface area contributed by atoms with Crippen LogP contribution in [0.2, 0.25) is 0 Å². The number of carbonyl (C=O) groups excluding carboxylic acids is 1. The van der Waals surface area contributed by atoms with Crippen molar-refractivity contribution >= 4 is 12.1 Å². The Morgan fingerprint density at radius 1 is 1.04 bits per heavy atom. The van der Waals surface area contributed by atoms with Crippen LogP contribution < -0.4 is 14.9 Å². The van der Waals surface area contributed by atoms with Crippen LogP contribution in [0.1, 0.15) is 38.8 Å². The lowest BCUT2D eigenvalue weighted by Crippen LogP contribution is -2.12. The maximum Gasteiger partial charge on any atom is 0.236 e. The lowest BCUT2D eigenvalue weighted by atomic mass is 9.87. The van der Waals surface area contributed by atoms with Crippen LogP contribution in [0, 0.1) is 0 Å². The van der Waals surface area contributed by atoms with E-state index in [-0.39, 0.29) is 11.3 Å². The minimum atomic E-state index is -0.207. The van der Waals surface area contributed by atoms with Gasteiger partial charge in [-0.05, 0) is 40.8 Å². The second-order valence-corrected chi connectivity index (χ2v) is 6.97. The minimum Gasteiger partial charge on any atom is -0.490 e. The fraction of sp³-hybridized carbons (Fsp3) is 0.333. The number of rotatable bonds is 7. The first-order chi connectivity index (χ1) is 12.3. The SMILES string of the molecule is CC(=O)N/N=C/c1cccc(OCCOc2ccc(C(C)(C)C)cc2)c1. The number of hydrogen-bond donors (Lipinski definition) is 1. The van der Waals surface area contributed by atoms with Gasteiger partial charge in [-0.25, -0.2) is 5.43 Å². The molecular weight excluding hydrogens is 328 g/mol. The highest BCUT2D eigenvalue weighted by Crippen LogP contribution is 2.24. The molecule has 0 aliphatic carbocycles. The summed E-state index contributed by atoms with van der Waals surface area (Å²) in [6, 6.07) is 15.6. The van der Waals surface area contributed by atoms with E-state index in [1.807, 2.05) is 36.4 Å². The fourth-order valence-corrected chi connectivity index (χ4v) is 2.25. The molecule has 2 aromatic rings. The van der Waals surface area contributed by atoms with Gasteiger partial charge in [-0.3, -0.25) is 4.79 Å². The molecule has 0 aliphatic heterocycles. The second kappa shape index (κ2) is 9.04. The lowest BCUT2D eigenvalue weighted by Gasteiger charge is -2.19. The highest BCUT2D eigenvalue weighted by molar-refractivity contribution is 5.82. The van der Waals surface area contributed by atoms with Crippen LogP contribution >= 0.6 is 0 Å². The number of benzene rings is 2. The topological polar surface area (TPSA) is 59.9 Å². The summed E-state index contributed by atoms with van der Waals surface area (Å²) >= 11 is 0. The first kappa shape index (κ1) is 19.5. The van der Waals surface area contributed by atoms with Crippen LogP contribution in [0.15, 0.2) is 53.6 Å². The monoisotopic (exact) mass is 354 g/mol. The molecule has 2 aromatic carbocycles. The molecule has 0 aliphatic rings. The van der Waals surface area contributed by atoms with E-state index in [2.05, 4.69) is 43.4 Å². The maximum atomic E-state index is 10.8. The van der Waals surface area contributed by atoms with Gasteiger partial charge in [0, 0.05) is 6.92 Å². The fourth-order valence-electron chi connectivity index (χ4n) is 2.25. The molecule has 2 rings (SSSR count). The van der Waals surface area contributed by atoms with Crippen LogP contribution in [0.3, 0.4) is 0 Å². The quantitative estimate of drug-likeness (QED) is 0.466. The molecule has 5 heteroatoms. The first-order valence-corrected chi connectivity index (χ1v) is 8.60. The Hall–Kier alpha value is -2.82. The molecule has 26 heavy (non-hydrogen) atoms. The molecule has 0 aromatic heterocycles. The number of carbonyl (C=O) groups is 1. The van der Waals surface area contributed by atoms with Crippen LogP contribution in [0.4, 0.5) is 0 Å². The predicted molar refractivity (Wildman–Crippen MR) is 104 cm³/mol. The van der Waals surface area contributed by atoms with Gasteiger partial charge in [0.15, 0.2) is 0 Å². The second-order valence-electron chi connectivity index (χ2n) is 6.97. The number of amides is 1. The van der Waals surface area contributed by atoms with E-state index < -0.39 is 0 Å². The molecule has 0 fully saturated rings. The van der Waals surface area contributed by atoms with Crippen molar-refractivity contribution in [2.24, 2.45) is 5.10 Å². The largest absolute Gasteiger partial charge is 0.490 e. The number of hydrogen-bond acceptors (Lipinski definition) is 4. The van der Waals surface area contributed by atoms with Crippen LogP contribution in [-0.4, -0.2) is 25.3 Å². The molecular formula is C21H26N2O3. The van der Waals surface area contributed by atoms with Crippen molar-refractivity contribution in [2.75, 3.05) is 13.2 Å². The molecule has 1 N–H and O–H groups in total. The summed E-state index contributed by atoms with van der Waals surface area (Å²) in [7, 11) is 0. The maximum absolute atomic E-state index is 10.8. The Balaban J connectivity index is 1.79. The van der Waals surface area contributed by atoms with E-state index >= 15 is 0 Å². The number of nitrogens with one attached hydrogen (secondary N) is 1. The Morgan fingerprint density at radius 3 is 2.31 bits per heavy atom. The van der Waals surface area contributed by atoms with Gasteiger partial charge in [0.25, 0.3) is 0 Å². The van der Waals surface area contributed by atoms with Crippen LogP contribution in [-0.2, 0) is 10.2 Å². The third-order valence-electron chi connectivity index (χ3n) is 3.63. The third-order valence-corrected chi connectivity index (χ3v) is 3.63. The van der Waals surface area contributed by atoms with E-state index in [1.54, 1.807) is 6.21 Å². The molecule has 0 heterocycles. The van der Waals surface area contributed by atoms with E-state index in [4.69, 9.17) is 9.47 Å². The van der Waals surface area contributed by atoms with Crippen molar-refractivity contribution in [3.8, 4) is 11.5 Å². The Morgan fingerprint density at radius 2 is 1.69 bits per heavy atom. The average molecular weight is 354 g/mol. The smallest absolute Gasteiger partial charge is 0.236 e. The van der Waals surface area contributed by atoms with E-state index in [0.717, 1.165) is 17.1 Å². The molecule has 0 saturated carbocycles. The molecule has 138 valence electrons. The van der Waals surface area contributed by atoms with Gasteiger partial charge in [-0.2, -0.15) is 5.10 Å². The van der Waals surface area contributed by atoms with Gasteiger partial charge in [0.2, 0.25) is 5.91 Å². The van der Waals surface area contributed by atoms with Crippen molar-refractivity contribution in [3.05, 3.63) is 59.7 Å². The molecule has 1 amide bonds. The molecule has 0 bridgehead atoms. The highest BCUT2D eigenvalue weighted by atomic mass is 16.5. The van der Waals surface area contributed by atoms with Crippen molar-refractivity contribution < 1.29 is 14.3 Å². The predicted octanol–water partition coefficient (Wildman–Crippen LogP) is 3.91. The zero-order chi connectivity index (χ0) is 19.0. The Labute approximate surface area is 155 Å². The van der Waals surface area contributed by atoms with E-state index in [1.165, 1.54) is 12.5 Å². The lowest BCUT2D eigenvalue weighted by molar-refractivity contribution is -0.118. The van der Waals surface area contributed by atoms with Gasteiger partial charge >= 0.3 is 0 Å². The molecule has 0 atom stereocenters. The van der Waals surface area contributed by atoms with Crippen molar-refractivity contribution in [2.45, 2.75) is 33.1 Å². The number of ether oxygens (including phenoxy) is 2. The molecule has 0 saturated heterocycles. The number of hydrazone groups is 1. The van der Waals surface area contributed by atoms with Crippen molar-refractivity contribution in [1.29, 1.82) is 0 Å². The minimum absolute atomic E-state index is 0.135. The third kappa shape index (κ3) is 6.59. The van der Waals surface area contributed by atoms with Crippen LogP contribution in [0.25, 0.3) is 0 Å². The van der Waals surface area contributed by atoms with Gasteiger partial charge in [0.1, 0.15) is 24.7 Å². The number of nitrogens with zero attached hydrogens (tertiary/aromatic N) is 1.